The number of nitriles is 1. The number of rotatable bonds is 5. The Morgan fingerprint density at radius 2 is 1.62 bits per heavy atom. The molecular formula is C21H18N4O4. The van der Waals surface area contributed by atoms with E-state index in [9.17, 15) is 19.2 Å². The van der Waals surface area contributed by atoms with Crippen LogP contribution in [0.4, 0.5) is 11.4 Å². The van der Waals surface area contributed by atoms with Gasteiger partial charge in [-0.15, -0.1) is 0 Å². The number of carbonyl (C=O) groups excluding carboxylic acids is 4. The molecule has 29 heavy (non-hydrogen) atoms. The molecule has 0 atom stereocenters. The van der Waals surface area contributed by atoms with Crippen LogP contribution in [0.1, 0.15) is 51.3 Å². The molecule has 0 saturated carbocycles. The number of benzene rings is 2. The standard InChI is InChI=1S/C21H18N4O4/c1-12(2)25-20(28)14-8-7-13(11-15(14)21(25)29)19(27)24-17-6-4-3-5-16(17)23-18(26)9-10-22/h3-8,11-12H,9H2,1-2H3,(H,23,26)(H,24,27). The molecule has 8 heteroatoms. The van der Waals surface area contributed by atoms with Crippen molar-refractivity contribution in [3.63, 3.8) is 0 Å². The Balaban J connectivity index is 1.84. The molecule has 0 spiro atoms. The predicted molar refractivity (Wildman–Crippen MR) is 105 cm³/mol. The lowest BCUT2D eigenvalue weighted by Crippen LogP contribution is -2.35. The number of nitrogens with zero attached hydrogens (tertiary/aromatic N) is 2. The first-order chi connectivity index (χ1) is 13.8. The molecule has 0 aromatic heterocycles. The fraction of sp³-hybridized carbons (Fsp3) is 0.190. The van der Waals surface area contributed by atoms with Crippen LogP contribution < -0.4 is 10.6 Å². The van der Waals surface area contributed by atoms with Gasteiger partial charge in [0.25, 0.3) is 17.7 Å². The molecule has 2 aromatic carbocycles. The normalized spacial score (nSPS) is 12.6. The number of hydrogen-bond donors (Lipinski definition) is 2. The van der Waals surface area contributed by atoms with Gasteiger partial charge >= 0.3 is 0 Å². The molecule has 1 aliphatic heterocycles. The minimum Gasteiger partial charge on any atom is -0.323 e. The molecule has 0 saturated heterocycles. The van der Waals surface area contributed by atoms with E-state index in [1.54, 1.807) is 44.2 Å². The molecule has 2 aromatic rings. The van der Waals surface area contributed by atoms with Gasteiger partial charge in [-0.1, -0.05) is 12.1 Å². The van der Waals surface area contributed by atoms with E-state index in [1.165, 1.54) is 18.2 Å². The highest BCUT2D eigenvalue weighted by atomic mass is 16.2. The Bertz CT molecular complexity index is 1070. The van der Waals surface area contributed by atoms with E-state index in [1.807, 2.05) is 0 Å². The fourth-order valence-corrected chi connectivity index (χ4v) is 3.03. The van der Waals surface area contributed by atoms with Gasteiger partial charge in [0.2, 0.25) is 5.91 Å². The molecule has 0 fully saturated rings. The van der Waals surface area contributed by atoms with Crippen LogP contribution in [0.3, 0.4) is 0 Å². The number of imide groups is 1. The zero-order chi connectivity index (χ0) is 21.1. The third kappa shape index (κ3) is 3.84. The van der Waals surface area contributed by atoms with E-state index in [0.717, 1.165) is 4.90 Å². The van der Waals surface area contributed by atoms with Crippen LogP contribution >= 0.6 is 0 Å². The molecule has 0 aliphatic carbocycles. The van der Waals surface area contributed by atoms with Gasteiger partial charge < -0.3 is 10.6 Å². The summed E-state index contributed by atoms with van der Waals surface area (Å²) in [5, 5.41) is 13.9. The topological polar surface area (TPSA) is 119 Å². The van der Waals surface area contributed by atoms with Gasteiger partial charge in [-0.2, -0.15) is 5.26 Å². The summed E-state index contributed by atoms with van der Waals surface area (Å²) >= 11 is 0. The Morgan fingerprint density at radius 1 is 1.00 bits per heavy atom. The van der Waals surface area contributed by atoms with Crippen molar-refractivity contribution in [1.29, 1.82) is 5.26 Å². The van der Waals surface area contributed by atoms with Crippen molar-refractivity contribution < 1.29 is 19.2 Å². The van der Waals surface area contributed by atoms with Crippen LogP contribution in [0.15, 0.2) is 42.5 Å². The molecule has 3 rings (SSSR count). The van der Waals surface area contributed by atoms with Gasteiger partial charge in [-0.05, 0) is 44.2 Å². The lowest BCUT2D eigenvalue weighted by atomic mass is 10.1. The van der Waals surface area contributed by atoms with Crippen LogP contribution in [0.5, 0.6) is 0 Å². The van der Waals surface area contributed by atoms with Crippen molar-refractivity contribution in [2.45, 2.75) is 26.3 Å². The first-order valence-electron chi connectivity index (χ1n) is 8.92. The minimum absolute atomic E-state index is 0.187. The molecule has 0 unspecified atom stereocenters. The van der Waals surface area contributed by atoms with Crippen LogP contribution in [0, 0.1) is 11.3 Å². The highest BCUT2D eigenvalue weighted by Gasteiger charge is 2.37. The molecule has 1 aliphatic rings. The van der Waals surface area contributed by atoms with Crippen molar-refractivity contribution in [3.8, 4) is 6.07 Å². The monoisotopic (exact) mass is 390 g/mol. The van der Waals surface area contributed by atoms with E-state index in [2.05, 4.69) is 10.6 Å². The van der Waals surface area contributed by atoms with Crippen molar-refractivity contribution in [2.24, 2.45) is 0 Å². The summed E-state index contributed by atoms with van der Waals surface area (Å²) in [6.45, 7) is 3.49. The van der Waals surface area contributed by atoms with Gasteiger partial charge in [-0.3, -0.25) is 24.1 Å². The Kier molecular flexibility index (Phi) is 5.41. The number of nitrogens with one attached hydrogen (secondary N) is 2. The summed E-state index contributed by atoms with van der Waals surface area (Å²) in [6, 6.07) is 12.3. The lowest BCUT2D eigenvalue weighted by Gasteiger charge is -2.17. The van der Waals surface area contributed by atoms with Crippen molar-refractivity contribution in [3.05, 3.63) is 59.2 Å². The first kappa shape index (κ1) is 19.8. The lowest BCUT2D eigenvalue weighted by molar-refractivity contribution is -0.115. The molecular weight excluding hydrogens is 372 g/mol. The predicted octanol–water partition coefficient (Wildman–Crippen LogP) is 2.80. The Morgan fingerprint density at radius 3 is 2.24 bits per heavy atom. The summed E-state index contributed by atoms with van der Waals surface area (Å²) in [4.78, 5) is 50.4. The maximum Gasteiger partial charge on any atom is 0.261 e. The van der Waals surface area contributed by atoms with Crippen LogP contribution in [-0.2, 0) is 4.79 Å². The molecule has 2 N–H and O–H groups in total. The Hall–Kier alpha value is -3.99. The highest BCUT2D eigenvalue weighted by molar-refractivity contribution is 6.22. The third-order valence-electron chi connectivity index (χ3n) is 4.39. The maximum absolute atomic E-state index is 12.7. The molecule has 8 nitrogen and oxygen atoms in total. The summed E-state index contributed by atoms with van der Waals surface area (Å²) in [5.74, 6) is -1.81. The first-order valence-corrected chi connectivity index (χ1v) is 8.92. The summed E-state index contributed by atoms with van der Waals surface area (Å²) in [6.07, 6.45) is -0.310. The quantitative estimate of drug-likeness (QED) is 0.761. The summed E-state index contributed by atoms with van der Waals surface area (Å²) < 4.78 is 0. The average Bonchev–Trinajstić information content (AvgIpc) is 2.93. The zero-order valence-electron chi connectivity index (χ0n) is 15.9. The fourth-order valence-electron chi connectivity index (χ4n) is 3.03. The van der Waals surface area contributed by atoms with Gasteiger partial charge in [0, 0.05) is 11.6 Å². The van der Waals surface area contributed by atoms with E-state index in [4.69, 9.17) is 5.26 Å². The number of para-hydroxylation sites is 2. The number of carbonyl (C=O) groups is 4. The largest absolute Gasteiger partial charge is 0.323 e. The average molecular weight is 390 g/mol. The van der Waals surface area contributed by atoms with Crippen LogP contribution in [0.25, 0.3) is 0 Å². The minimum atomic E-state index is -0.502. The number of anilines is 2. The number of fused-ring (bicyclic) bond motifs is 1. The van der Waals surface area contributed by atoms with Crippen molar-refractivity contribution >= 4 is 35.0 Å². The maximum atomic E-state index is 12.7. The van der Waals surface area contributed by atoms with Gasteiger partial charge in [-0.25, -0.2) is 0 Å². The SMILES string of the molecule is CC(C)N1C(=O)c2ccc(C(=O)Nc3ccccc3NC(=O)CC#N)cc2C1=O. The molecule has 1 heterocycles. The Labute approximate surface area is 167 Å². The van der Waals surface area contributed by atoms with Gasteiger partial charge in [0.1, 0.15) is 6.42 Å². The zero-order valence-corrected chi connectivity index (χ0v) is 15.9. The number of amides is 4. The highest BCUT2D eigenvalue weighted by Crippen LogP contribution is 2.27. The van der Waals surface area contributed by atoms with Crippen LogP contribution in [0.2, 0.25) is 0 Å². The van der Waals surface area contributed by atoms with Crippen molar-refractivity contribution in [1.82, 2.24) is 4.90 Å². The summed E-state index contributed by atoms with van der Waals surface area (Å²) in [5.41, 5.74) is 1.35. The molecule has 146 valence electrons. The number of hydrogen-bond acceptors (Lipinski definition) is 5. The second-order valence-corrected chi connectivity index (χ2v) is 6.72. The van der Waals surface area contributed by atoms with Gasteiger partial charge in [0.05, 0.1) is 28.6 Å². The van der Waals surface area contributed by atoms with Crippen molar-refractivity contribution in [2.75, 3.05) is 10.6 Å². The third-order valence-corrected chi connectivity index (χ3v) is 4.39. The summed E-state index contributed by atoms with van der Waals surface area (Å²) in [7, 11) is 0. The smallest absolute Gasteiger partial charge is 0.261 e. The molecule has 4 amide bonds. The molecule has 0 radical (unpaired) electrons. The van der Waals surface area contributed by atoms with E-state index >= 15 is 0 Å². The second kappa shape index (κ2) is 7.94. The van der Waals surface area contributed by atoms with Crippen LogP contribution in [-0.4, -0.2) is 34.6 Å². The van der Waals surface area contributed by atoms with Gasteiger partial charge in [0.15, 0.2) is 0 Å². The molecule has 0 bridgehead atoms. The van der Waals surface area contributed by atoms with E-state index in [0.29, 0.717) is 11.4 Å². The van der Waals surface area contributed by atoms with E-state index < -0.39 is 17.7 Å². The second-order valence-electron chi connectivity index (χ2n) is 6.72. The van der Waals surface area contributed by atoms with E-state index in [-0.39, 0.29) is 35.1 Å².